The van der Waals surface area contributed by atoms with Gasteiger partial charge in [-0.2, -0.15) is 5.10 Å². The van der Waals surface area contributed by atoms with Gasteiger partial charge in [0.2, 0.25) is 0 Å². The molecule has 2 aromatic heterocycles. The minimum absolute atomic E-state index is 0.252. The molecule has 0 fully saturated rings. The average molecular weight is 433 g/mol. The monoisotopic (exact) mass is 432 g/mol. The first-order chi connectivity index (χ1) is 15.2. The van der Waals surface area contributed by atoms with E-state index in [-0.39, 0.29) is 17.4 Å². The molecule has 0 aliphatic rings. The predicted octanol–water partition coefficient (Wildman–Crippen LogP) is 4.84. The molecule has 2 heterocycles. The molecule has 0 atom stereocenters. The molecule has 31 heavy (non-hydrogen) atoms. The minimum Gasteiger partial charge on any atom is -0.494 e. The van der Waals surface area contributed by atoms with Gasteiger partial charge in [-0.05, 0) is 54.8 Å². The molecule has 0 radical (unpaired) electrons. The van der Waals surface area contributed by atoms with E-state index >= 15 is 0 Å². The van der Waals surface area contributed by atoms with Crippen LogP contribution in [0, 0.1) is 0 Å². The lowest BCUT2D eigenvalue weighted by Crippen LogP contribution is -2.19. The van der Waals surface area contributed by atoms with Crippen LogP contribution in [-0.2, 0) is 0 Å². The molecule has 4 rings (SSSR count). The topological polar surface area (TPSA) is 85.2 Å². The van der Waals surface area contributed by atoms with Crippen LogP contribution in [0.2, 0.25) is 0 Å². The number of aromatic nitrogens is 2. The number of nitrogens with zero attached hydrogens (tertiary/aromatic N) is 2. The quantitative estimate of drug-likeness (QED) is 0.438. The second-order valence-corrected chi connectivity index (χ2v) is 7.44. The lowest BCUT2D eigenvalue weighted by molar-refractivity contribution is 0.102. The maximum Gasteiger partial charge on any atom is 0.266 e. The second-order valence-electron chi connectivity index (χ2n) is 6.50. The van der Waals surface area contributed by atoms with Crippen LogP contribution < -0.4 is 15.4 Å². The Morgan fingerprint density at radius 2 is 1.74 bits per heavy atom. The molecule has 2 N–H and O–H groups in total. The van der Waals surface area contributed by atoms with Crippen molar-refractivity contribution in [1.82, 2.24) is 9.78 Å². The summed E-state index contributed by atoms with van der Waals surface area (Å²) >= 11 is 1.32. The fraction of sp³-hybridized carbons (Fsp3) is 0.0870. The van der Waals surface area contributed by atoms with Crippen LogP contribution in [0.5, 0.6) is 5.75 Å². The number of benzene rings is 2. The van der Waals surface area contributed by atoms with Crippen molar-refractivity contribution < 1.29 is 14.3 Å². The standard InChI is InChI=1S/C23H20N4O3S/c1-2-30-18-12-10-16(11-13-18)25-22(28)19-15-24-27(17-7-4-3-5-8-17)21(19)26-23(29)20-9-6-14-31-20/h3-15H,2H2,1H3,(H,25,28)(H,26,29). The van der Waals surface area contributed by atoms with Crippen LogP contribution in [0.3, 0.4) is 0 Å². The number of thiophene rings is 1. The number of nitrogens with one attached hydrogen (secondary N) is 2. The summed E-state index contributed by atoms with van der Waals surface area (Å²) < 4.78 is 6.97. The highest BCUT2D eigenvalue weighted by molar-refractivity contribution is 7.12. The fourth-order valence-electron chi connectivity index (χ4n) is 2.98. The Morgan fingerprint density at radius 1 is 0.968 bits per heavy atom. The zero-order chi connectivity index (χ0) is 21.6. The van der Waals surface area contributed by atoms with Gasteiger partial charge in [0.25, 0.3) is 11.8 Å². The van der Waals surface area contributed by atoms with E-state index in [0.717, 1.165) is 11.4 Å². The maximum absolute atomic E-state index is 13.0. The van der Waals surface area contributed by atoms with Crippen molar-refractivity contribution >= 4 is 34.7 Å². The summed E-state index contributed by atoms with van der Waals surface area (Å²) in [6.07, 6.45) is 1.45. The van der Waals surface area contributed by atoms with Gasteiger partial charge in [-0.1, -0.05) is 24.3 Å². The fourth-order valence-corrected chi connectivity index (χ4v) is 3.60. The lowest BCUT2D eigenvalue weighted by Gasteiger charge is -2.11. The summed E-state index contributed by atoms with van der Waals surface area (Å²) in [7, 11) is 0. The van der Waals surface area contributed by atoms with Crippen LogP contribution in [0.15, 0.2) is 78.3 Å². The Labute approximate surface area is 183 Å². The number of para-hydroxylation sites is 1. The molecule has 0 aliphatic heterocycles. The zero-order valence-corrected chi connectivity index (χ0v) is 17.6. The number of ether oxygens (including phenoxy) is 1. The predicted molar refractivity (Wildman–Crippen MR) is 121 cm³/mol. The third-order valence-electron chi connectivity index (χ3n) is 4.41. The van der Waals surface area contributed by atoms with Crippen molar-refractivity contribution in [2.45, 2.75) is 6.92 Å². The molecule has 2 amide bonds. The zero-order valence-electron chi connectivity index (χ0n) is 16.7. The number of anilines is 2. The first-order valence-electron chi connectivity index (χ1n) is 9.68. The van der Waals surface area contributed by atoms with E-state index in [1.807, 2.05) is 42.6 Å². The lowest BCUT2D eigenvalue weighted by atomic mass is 10.2. The molecule has 0 aliphatic carbocycles. The number of carbonyl (C=O) groups is 2. The maximum atomic E-state index is 13.0. The molecule has 2 aromatic carbocycles. The van der Waals surface area contributed by atoms with Crippen molar-refractivity contribution in [3.8, 4) is 11.4 Å². The van der Waals surface area contributed by atoms with Gasteiger partial charge in [0.15, 0.2) is 0 Å². The number of hydrogen-bond acceptors (Lipinski definition) is 5. The molecule has 4 aromatic rings. The highest BCUT2D eigenvalue weighted by Gasteiger charge is 2.21. The van der Waals surface area contributed by atoms with E-state index in [1.165, 1.54) is 17.5 Å². The number of hydrogen-bond donors (Lipinski definition) is 2. The van der Waals surface area contributed by atoms with Crippen molar-refractivity contribution in [3.63, 3.8) is 0 Å². The Morgan fingerprint density at radius 3 is 2.42 bits per heavy atom. The van der Waals surface area contributed by atoms with Gasteiger partial charge in [-0.3, -0.25) is 9.59 Å². The molecule has 8 heteroatoms. The van der Waals surface area contributed by atoms with Crippen molar-refractivity contribution in [1.29, 1.82) is 0 Å². The molecule has 0 saturated carbocycles. The minimum atomic E-state index is -0.382. The largest absolute Gasteiger partial charge is 0.494 e. The summed E-state index contributed by atoms with van der Waals surface area (Å²) in [5.41, 5.74) is 1.59. The summed E-state index contributed by atoms with van der Waals surface area (Å²) in [6, 6.07) is 19.9. The van der Waals surface area contributed by atoms with Gasteiger partial charge in [0.05, 0.1) is 23.4 Å². The van der Waals surface area contributed by atoms with Crippen LogP contribution in [0.4, 0.5) is 11.5 Å². The molecule has 0 spiro atoms. The molecule has 0 unspecified atom stereocenters. The molecule has 0 bridgehead atoms. The van der Waals surface area contributed by atoms with Gasteiger partial charge in [-0.25, -0.2) is 4.68 Å². The van der Waals surface area contributed by atoms with Crippen LogP contribution >= 0.6 is 11.3 Å². The highest BCUT2D eigenvalue weighted by Crippen LogP contribution is 2.24. The van der Waals surface area contributed by atoms with Crippen LogP contribution in [-0.4, -0.2) is 28.2 Å². The average Bonchev–Trinajstić information content (AvgIpc) is 3.46. The summed E-state index contributed by atoms with van der Waals surface area (Å²) in [6.45, 7) is 2.48. The van der Waals surface area contributed by atoms with Crippen LogP contribution in [0.1, 0.15) is 27.0 Å². The Balaban J connectivity index is 1.63. The van der Waals surface area contributed by atoms with E-state index in [2.05, 4.69) is 15.7 Å². The van der Waals surface area contributed by atoms with Gasteiger partial charge in [-0.15, -0.1) is 11.3 Å². The van der Waals surface area contributed by atoms with E-state index in [9.17, 15) is 9.59 Å². The Kier molecular flexibility index (Phi) is 6.09. The molecule has 0 saturated heterocycles. The van der Waals surface area contributed by atoms with E-state index in [0.29, 0.717) is 23.0 Å². The van der Waals surface area contributed by atoms with Crippen LogP contribution in [0.25, 0.3) is 5.69 Å². The second kappa shape index (κ2) is 9.27. The molecular formula is C23H20N4O3S. The third kappa shape index (κ3) is 4.65. The number of carbonyl (C=O) groups excluding carboxylic acids is 2. The van der Waals surface area contributed by atoms with Gasteiger partial charge >= 0.3 is 0 Å². The SMILES string of the molecule is CCOc1ccc(NC(=O)c2cnn(-c3ccccc3)c2NC(=O)c2cccs2)cc1. The van der Waals surface area contributed by atoms with E-state index in [1.54, 1.807) is 41.1 Å². The first kappa shape index (κ1) is 20.4. The van der Waals surface area contributed by atoms with Crippen molar-refractivity contribution in [2.75, 3.05) is 17.2 Å². The Hall–Kier alpha value is -3.91. The molecule has 156 valence electrons. The molecule has 7 nitrogen and oxygen atoms in total. The third-order valence-corrected chi connectivity index (χ3v) is 5.28. The summed E-state index contributed by atoms with van der Waals surface area (Å²) in [5.74, 6) is 0.338. The van der Waals surface area contributed by atoms with Crippen molar-refractivity contribution in [3.05, 3.63) is 88.7 Å². The van der Waals surface area contributed by atoms with Gasteiger partial charge < -0.3 is 15.4 Å². The number of rotatable bonds is 7. The summed E-state index contributed by atoms with van der Waals surface area (Å²) in [5, 5.41) is 11.9. The van der Waals surface area contributed by atoms with Gasteiger partial charge in [0.1, 0.15) is 17.1 Å². The number of amides is 2. The highest BCUT2D eigenvalue weighted by atomic mass is 32.1. The molecular weight excluding hydrogens is 412 g/mol. The smallest absolute Gasteiger partial charge is 0.266 e. The summed E-state index contributed by atoms with van der Waals surface area (Å²) in [4.78, 5) is 26.3. The Bertz CT molecular complexity index is 1170. The normalized spacial score (nSPS) is 10.5. The van der Waals surface area contributed by atoms with Gasteiger partial charge in [0, 0.05) is 5.69 Å². The van der Waals surface area contributed by atoms with E-state index in [4.69, 9.17) is 4.74 Å². The first-order valence-corrected chi connectivity index (χ1v) is 10.6. The van der Waals surface area contributed by atoms with E-state index < -0.39 is 0 Å². The van der Waals surface area contributed by atoms with Crippen molar-refractivity contribution in [2.24, 2.45) is 0 Å².